The molecule has 0 unspecified atom stereocenters. The Labute approximate surface area is 157 Å². The summed E-state index contributed by atoms with van der Waals surface area (Å²) in [4.78, 5) is 48.0. The van der Waals surface area contributed by atoms with Crippen LogP contribution in [0, 0.1) is 5.92 Å². The standard InChI is InChI=1S/C19H25N3O5/c1-3-11(2)16(19(26)27)22-15(23)10-14-18(25)20-13(17(24)21-14)9-12-7-5-4-6-8-12/h4-8,11,13-14,16H,3,9-10H2,1-2H3,(H,20,25)(H,21,24)(H,22,23)(H,26,27)/t11-,13-,14-,16-/m0/s1. The summed E-state index contributed by atoms with van der Waals surface area (Å²) < 4.78 is 0. The van der Waals surface area contributed by atoms with Crippen LogP contribution in [-0.2, 0) is 25.6 Å². The molecule has 0 saturated carbocycles. The normalized spacial score (nSPS) is 21.6. The summed E-state index contributed by atoms with van der Waals surface area (Å²) in [6.07, 6.45) is 0.626. The zero-order valence-corrected chi connectivity index (χ0v) is 15.4. The minimum absolute atomic E-state index is 0.253. The van der Waals surface area contributed by atoms with E-state index in [1.807, 2.05) is 37.3 Å². The molecule has 146 valence electrons. The molecule has 27 heavy (non-hydrogen) atoms. The van der Waals surface area contributed by atoms with E-state index >= 15 is 0 Å². The highest BCUT2D eigenvalue weighted by Crippen LogP contribution is 2.11. The molecular formula is C19H25N3O5. The van der Waals surface area contributed by atoms with Crippen molar-refractivity contribution < 1.29 is 24.3 Å². The van der Waals surface area contributed by atoms with Crippen LogP contribution >= 0.6 is 0 Å². The molecule has 0 bridgehead atoms. The van der Waals surface area contributed by atoms with Crippen LogP contribution in [0.4, 0.5) is 0 Å². The number of benzene rings is 1. The third kappa shape index (κ3) is 5.54. The molecule has 0 aromatic heterocycles. The molecule has 1 aliphatic heterocycles. The third-order valence-electron chi connectivity index (χ3n) is 4.73. The molecule has 4 atom stereocenters. The van der Waals surface area contributed by atoms with Gasteiger partial charge in [0.15, 0.2) is 0 Å². The van der Waals surface area contributed by atoms with Gasteiger partial charge in [0.05, 0.1) is 6.42 Å². The summed E-state index contributed by atoms with van der Waals surface area (Å²) in [6.45, 7) is 3.55. The molecule has 3 amide bonds. The van der Waals surface area contributed by atoms with Crippen molar-refractivity contribution in [1.29, 1.82) is 0 Å². The number of rotatable bonds is 8. The van der Waals surface area contributed by atoms with Gasteiger partial charge in [-0.25, -0.2) is 4.79 Å². The molecule has 1 aliphatic rings. The molecule has 2 rings (SSSR count). The first-order valence-electron chi connectivity index (χ1n) is 8.98. The molecular weight excluding hydrogens is 350 g/mol. The van der Waals surface area contributed by atoms with Crippen molar-refractivity contribution in [2.75, 3.05) is 0 Å². The largest absolute Gasteiger partial charge is 0.480 e. The molecule has 0 radical (unpaired) electrons. The number of hydrogen-bond acceptors (Lipinski definition) is 4. The van der Waals surface area contributed by atoms with Crippen molar-refractivity contribution in [2.24, 2.45) is 5.92 Å². The van der Waals surface area contributed by atoms with E-state index in [1.54, 1.807) is 6.92 Å². The highest BCUT2D eigenvalue weighted by Gasteiger charge is 2.35. The number of nitrogens with one attached hydrogen (secondary N) is 3. The molecule has 4 N–H and O–H groups in total. The fraction of sp³-hybridized carbons (Fsp3) is 0.474. The Morgan fingerprint density at radius 2 is 1.70 bits per heavy atom. The topological polar surface area (TPSA) is 125 Å². The zero-order valence-electron chi connectivity index (χ0n) is 15.4. The number of carboxylic acids is 1. The summed E-state index contributed by atoms with van der Waals surface area (Å²) in [5.74, 6) is -2.80. The average Bonchev–Trinajstić information content (AvgIpc) is 2.63. The molecule has 0 spiro atoms. The molecule has 1 saturated heterocycles. The van der Waals surface area contributed by atoms with E-state index in [2.05, 4.69) is 16.0 Å². The van der Waals surface area contributed by atoms with Gasteiger partial charge < -0.3 is 21.1 Å². The van der Waals surface area contributed by atoms with Crippen LogP contribution in [0.3, 0.4) is 0 Å². The number of carbonyl (C=O) groups excluding carboxylic acids is 3. The van der Waals surface area contributed by atoms with E-state index in [0.29, 0.717) is 12.8 Å². The van der Waals surface area contributed by atoms with E-state index in [4.69, 9.17) is 0 Å². The quantitative estimate of drug-likeness (QED) is 0.517. The van der Waals surface area contributed by atoms with Crippen molar-refractivity contribution in [3.8, 4) is 0 Å². The summed E-state index contributed by atoms with van der Waals surface area (Å²) in [5, 5.41) is 16.9. The van der Waals surface area contributed by atoms with Crippen LogP contribution < -0.4 is 16.0 Å². The Morgan fingerprint density at radius 1 is 1.11 bits per heavy atom. The Hall–Kier alpha value is -2.90. The smallest absolute Gasteiger partial charge is 0.326 e. The molecule has 1 fully saturated rings. The van der Waals surface area contributed by atoms with Gasteiger partial charge >= 0.3 is 5.97 Å². The van der Waals surface area contributed by atoms with E-state index < -0.39 is 35.9 Å². The Balaban J connectivity index is 1.93. The number of carbonyl (C=O) groups is 4. The van der Waals surface area contributed by atoms with Gasteiger partial charge in [-0.1, -0.05) is 50.6 Å². The first kappa shape index (κ1) is 20.4. The lowest BCUT2D eigenvalue weighted by atomic mass is 9.98. The second kappa shape index (κ2) is 9.16. The predicted octanol–water partition coefficient (Wildman–Crippen LogP) is 0.218. The lowest BCUT2D eigenvalue weighted by Gasteiger charge is -2.30. The van der Waals surface area contributed by atoms with Crippen molar-refractivity contribution in [2.45, 2.75) is 51.2 Å². The van der Waals surface area contributed by atoms with Crippen LogP contribution in [-0.4, -0.2) is 46.9 Å². The Bertz CT molecular complexity index is 707. The molecule has 1 heterocycles. The van der Waals surface area contributed by atoms with Gasteiger partial charge in [-0.05, 0) is 11.5 Å². The van der Waals surface area contributed by atoms with Crippen LogP contribution in [0.25, 0.3) is 0 Å². The molecule has 1 aromatic carbocycles. The van der Waals surface area contributed by atoms with Crippen molar-refractivity contribution >= 4 is 23.7 Å². The van der Waals surface area contributed by atoms with Gasteiger partial charge in [0.25, 0.3) is 0 Å². The maximum atomic E-state index is 12.3. The summed E-state index contributed by atoms with van der Waals surface area (Å²) in [5.41, 5.74) is 0.909. The number of amides is 3. The second-order valence-electron chi connectivity index (χ2n) is 6.79. The Morgan fingerprint density at radius 3 is 2.30 bits per heavy atom. The lowest BCUT2D eigenvalue weighted by molar-refractivity contribution is -0.144. The van der Waals surface area contributed by atoms with Gasteiger partial charge in [-0.3, -0.25) is 14.4 Å². The number of hydrogen-bond donors (Lipinski definition) is 4. The number of piperazine rings is 1. The minimum Gasteiger partial charge on any atom is -0.480 e. The number of carboxylic acid groups (broad SMARTS) is 1. The van der Waals surface area contributed by atoms with Crippen molar-refractivity contribution in [3.63, 3.8) is 0 Å². The molecule has 8 nitrogen and oxygen atoms in total. The summed E-state index contributed by atoms with van der Waals surface area (Å²) in [6, 6.07) is 6.53. The van der Waals surface area contributed by atoms with Crippen LogP contribution in [0.5, 0.6) is 0 Å². The maximum absolute atomic E-state index is 12.3. The summed E-state index contributed by atoms with van der Waals surface area (Å²) in [7, 11) is 0. The monoisotopic (exact) mass is 375 g/mol. The molecule has 0 aliphatic carbocycles. The highest BCUT2D eigenvalue weighted by molar-refractivity contribution is 5.99. The predicted molar refractivity (Wildman–Crippen MR) is 97.6 cm³/mol. The van der Waals surface area contributed by atoms with E-state index in [-0.39, 0.29) is 18.2 Å². The fourth-order valence-corrected chi connectivity index (χ4v) is 2.91. The fourth-order valence-electron chi connectivity index (χ4n) is 2.91. The molecule has 1 aromatic rings. The van der Waals surface area contributed by atoms with Crippen LogP contribution in [0.1, 0.15) is 32.3 Å². The first-order valence-corrected chi connectivity index (χ1v) is 8.98. The zero-order chi connectivity index (χ0) is 20.0. The minimum atomic E-state index is -1.13. The van der Waals surface area contributed by atoms with Gasteiger partial charge in [0.2, 0.25) is 17.7 Å². The third-order valence-corrected chi connectivity index (χ3v) is 4.73. The van der Waals surface area contributed by atoms with Crippen LogP contribution in [0.2, 0.25) is 0 Å². The SMILES string of the molecule is CC[C@H](C)[C@H](NC(=O)C[C@@H]1NC(=O)[C@H](Cc2ccccc2)NC1=O)C(=O)O. The van der Waals surface area contributed by atoms with Gasteiger partial charge in [-0.15, -0.1) is 0 Å². The average molecular weight is 375 g/mol. The van der Waals surface area contributed by atoms with E-state index in [0.717, 1.165) is 5.56 Å². The highest BCUT2D eigenvalue weighted by atomic mass is 16.4. The lowest BCUT2D eigenvalue weighted by Crippen LogP contribution is -2.63. The van der Waals surface area contributed by atoms with E-state index in [1.165, 1.54) is 0 Å². The van der Waals surface area contributed by atoms with Crippen molar-refractivity contribution in [1.82, 2.24) is 16.0 Å². The van der Waals surface area contributed by atoms with Crippen molar-refractivity contribution in [3.05, 3.63) is 35.9 Å². The first-order chi connectivity index (χ1) is 12.8. The van der Waals surface area contributed by atoms with E-state index in [9.17, 15) is 24.3 Å². The summed E-state index contributed by atoms with van der Waals surface area (Å²) >= 11 is 0. The van der Waals surface area contributed by atoms with Gasteiger partial charge in [-0.2, -0.15) is 0 Å². The van der Waals surface area contributed by atoms with Crippen LogP contribution in [0.15, 0.2) is 30.3 Å². The second-order valence-corrected chi connectivity index (χ2v) is 6.79. The van der Waals surface area contributed by atoms with Gasteiger partial charge in [0, 0.05) is 6.42 Å². The number of aliphatic carboxylic acids is 1. The van der Waals surface area contributed by atoms with Gasteiger partial charge in [0.1, 0.15) is 18.1 Å². The molecule has 8 heteroatoms. The maximum Gasteiger partial charge on any atom is 0.326 e. The Kier molecular flexibility index (Phi) is 6.92.